The molecule has 0 aromatic heterocycles. The molecule has 86 heavy (non-hydrogen) atoms. The highest BCUT2D eigenvalue weighted by molar-refractivity contribution is 9.09. The Kier molecular flexibility index (Phi) is 26.4. The number of allylic oxidation sites excluding steroid dienone is 4. The number of Topliss-reactive ketones (excluding diaryl/α,β-unsaturated/α-hetero) is 3. The molecular weight excluding hydrogens is 1210 g/mol. The normalized spacial score (nSPS) is 24.4. The van der Waals surface area contributed by atoms with Gasteiger partial charge in [-0.2, -0.15) is 0 Å². The number of alkyl halides is 1. The van der Waals surface area contributed by atoms with Gasteiger partial charge in [-0.3, -0.25) is 33.6 Å². The second kappa shape index (κ2) is 31.9. The van der Waals surface area contributed by atoms with E-state index in [4.69, 9.17) is 47.9 Å². The van der Waals surface area contributed by atoms with E-state index < -0.39 is 107 Å². The molecule has 10 atom stereocenters. The Bertz CT molecular complexity index is 2930. The number of hydrogen-bond acceptors (Lipinski definition) is 14. The molecule has 2 aromatic carbocycles. The lowest BCUT2D eigenvalue weighted by atomic mass is 9.78. The van der Waals surface area contributed by atoms with Crippen LogP contribution < -0.4 is 21.3 Å². The Morgan fingerprint density at radius 2 is 1.70 bits per heavy atom. The second-order valence-corrected chi connectivity index (χ2v) is 25.2. The van der Waals surface area contributed by atoms with Crippen LogP contribution in [0, 0.1) is 24.7 Å². The molecule has 5 N–H and O–H groups in total. The fraction of sp³-hybridized carbons (Fsp3) is 0.578. The molecule has 0 radical (unpaired) electrons. The van der Waals surface area contributed by atoms with Crippen LogP contribution in [-0.2, 0) is 65.4 Å². The largest absolute Gasteiger partial charge is 0.462 e. The van der Waals surface area contributed by atoms with Crippen LogP contribution in [0.15, 0.2) is 66.3 Å². The van der Waals surface area contributed by atoms with Crippen LogP contribution in [0.3, 0.4) is 0 Å². The summed E-state index contributed by atoms with van der Waals surface area (Å²) in [6.45, 7) is 16.2. The number of esters is 2. The van der Waals surface area contributed by atoms with E-state index in [1.54, 1.807) is 33.0 Å². The Morgan fingerprint density at radius 3 is 2.34 bits per heavy atom. The van der Waals surface area contributed by atoms with E-state index in [9.17, 15) is 48.3 Å². The highest BCUT2D eigenvalue weighted by atomic mass is 79.9. The smallest absolute Gasteiger partial charge is 0.328 e. The molecule has 19 nitrogen and oxygen atoms in total. The zero-order valence-electron chi connectivity index (χ0n) is 51.2. The number of hydrogen-bond donors (Lipinski definition) is 4. The second-order valence-electron chi connectivity index (χ2n) is 23.9. The zero-order chi connectivity index (χ0) is 64.0. The molecule has 4 bridgehead atoms. The van der Waals surface area contributed by atoms with Crippen molar-refractivity contribution in [3.8, 4) is 0 Å². The van der Waals surface area contributed by atoms with Gasteiger partial charge in [-0.15, -0.1) is 0 Å². The average Bonchev–Trinajstić information content (AvgIpc) is 1.61. The van der Waals surface area contributed by atoms with E-state index in [2.05, 4.69) is 33.1 Å². The third kappa shape index (κ3) is 19.1. The van der Waals surface area contributed by atoms with Crippen LogP contribution >= 0.6 is 39.1 Å². The predicted octanol–water partition coefficient (Wildman–Crippen LogP) is 9.17. The lowest BCUT2D eigenvalue weighted by molar-refractivity contribution is -0.187. The molecule has 3 aliphatic heterocycles. The van der Waals surface area contributed by atoms with Gasteiger partial charge >= 0.3 is 18.0 Å². The standard InChI is InChI=1S/C64H86BrCl2N5O14/c1-36(2)46(31-44(73)19-14-12-13-15-21-50(74)39(5)35-65)59(78)70-48(20-17-25-69-62(68)81)51(75)30-42-23-24-45(47(66)28-42)60(79)71(9)41(7)61(80)85-54-32-55(76)72(10)49-29-43(27-38(4)57(49)67)26-37(3)18-16-22-53(83-11)64(82)33-52(84-56(77)34-64)40(6)58-63(54,8)86-58/h16,18,22-24,27-29,36,40-41,46,48,52-54,58,82H,5,12-15,17,19-21,25-26,30-35H2,1-4,6-11H3,(H,70,78)(H3,68,69,81)/b22-16+,37-18+/t40-,41+,46+,48+,52+,53-,54+,58+,63+,64-/m1/s1. The van der Waals surface area contributed by atoms with Gasteiger partial charge in [-0.1, -0.05) is 115 Å². The van der Waals surface area contributed by atoms with Gasteiger partial charge in [0.2, 0.25) is 11.8 Å². The molecule has 0 spiro atoms. The number of nitrogens with zero attached hydrogens (tertiary/aromatic N) is 2. The average molecular weight is 1300 g/mol. The van der Waals surface area contributed by atoms with Crippen LogP contribution in [-0.4, -0.2) is 144 Å². The molecule has 0 saturated carbocycles. The number of anilines is 1. The monoisotopic (exact) mass is 1300 g/mol. The molecule has 22 heteroatoms. The number of unbranched alkanes of at least 4 members (excludes halogenated alkanes) is 3. The minimum Gasteiger partial charge on any atom is -0.462 e. The summed E-state index contributed by atoms with van der Waals surface area (Å²) < 4.78 is 24.2. The molecule has 3 aliphatic rings. The van der Waals surface area contributed by atoms with E-state index in [1.807, 2.05) is 45.9 Å². The maximum atomic E-state index is 14.5. The number of carbonyl (C=O) groups is 9. The number of rotatable bonds is 26. The van der Waals surface area contributed by atoms with Gasteiger partial charge in [0.15, 0.2) is 11.6 Å². The number of halogens is 3. The summed E-state index contributed by atoms with van der Waals surface area (Å²) in [5, 5.41) is 18.1. The number of primary amides is 1. The first-order valence-electron chi connectivity index (χ1n) is 29.4. The van der Waals surface area contributed by atoms with Crippen molar-refractivity contribution in [1.82, 2.24) is 15.5 Å². The first-order chi connectivity index (χ1) is 40.4. The third-order valence-electron chi connectivity index (χ3n) is 16.8. The molecule has 2 aromatic rings. The number of epoxide rings is 1. The van der Waals surface area contributed by atoms with E-state index in [0.717, 1.165) is 34.4 Å². The van der Waals surface area contributed by atoms with Crippen molar-refractivity contribution in [1.29, 1.82) is 0 Å². The lowest BCUT2D eigenvalue weighted by Crippen LogP contribution is -2.53. The number of aryl methyl sites for hydroxylation is 1. The highest BCUT2D eigenvalue weighted by Gasteiger charge is 2.64. The van der Waals surface area contributed by atoms with E-state index in [1.165, 1.54) is 44.2 Å². The van der Waals surface area contributed by atoms with Crippen molar-refractivity contribution in [2.45, 2.75) is 186 Å². The lowest BCUT2D eigenvalue weighted by Gasteiger charge is -2.41. The number of ketones is 3. The molecule has 0 unspecified atom stereocenters. The Morgan fingerprint density at radius 1 is 1.01 bits per heavy atom. The van der Waals surface area contributed by atoms with Gasteiger partial charge in [-0.25, -0.2) is 9.59 Å². The van der Waals surface area contributed by atoms with E-state index in [-0.39, 0.29) is 79.6 Å². The van der Waals surface area contributed by atoms with Crippen molar-refractivity contribution in [3.63, 3.8) is 0 Å². The van der Waals surface area contributed by atoms with Crippen molar-refractivity contribution in [2.75, 3.05) is 38.0 Å². The van der Waals surface area contributed by atoms with Gasteiger partial charge < -0.3 is 50.2 Å². The molecular formula is C64H86BrCl2N5O14. The van der Waals surface area contributed by atoms with Gasteiger partial charge in [-0.05, 0) is 106 Å². The molecule has 5 rings (SSSR count). The Labute approximate surface area is 524 Å². The summed E-state index contributed by atoms with van der Waals surface area (Å²) >= 11 is 16.9. The number of urea groups is 1. The number of ether oxygens (including phenoxy) is 4. The van der Waals surface area contributed by atoms with Crippen molar-refractivity contribution in [3.05, 3.63) is 98.6 Å². The molecule has 2 saturated heterocycles. The maximum Gasteiger partial charge on any atom is 0.328 e. The summed E-state index contributed by atoms with van der Waals surface area (Å²) in [7, 11) is 4.41. The SMILES string of the molecule is C=C(CBr)C(=O)CCCCCCC(=O)C[C@H](C(=O)N[C@@H](CCCNC(N)=O)C(=O)Cc1ccc(C(=O)N(C)[C@@H](C)C(=O)O[C@H]2CC(=O)N(C)c3cc(cc(C)c3Cl)C/C(C)=C/C=C/[C@@H](OC)[C@]3(O)CC(=O)O[C@@H](C3)[C@@H](C)[C@@H]3O[C@@]23C)c(Cl)c1)C(C)C. The van der Waals surface area contributed by atoms with Gasteiger partial charge in [0.25, 0.3) is 5.91 Å². The first-order valence-corrected chi connectivity index (χ1v) is 31.3. The van der Waals surface area contributed by atoms with E-state index in [0.29, 0.717) is 52.9 Å². The quantitative estimate of drug-likeness (QED) is 0.0225. The number of nitrogens with one attached hydrogen (secondary N) is 2. The topological polar surface area (TPSA) is 271 Å². The van der Waals surface area contributed by atoms with Gasteiger partial charge in [0.1, 0.15) is 41.3 Å². The van der Waals surface area contributed by atoms with Crippen LogP contribution in [0.2, 0.25) is 10.0 Å². The number of methoxy groups -OCH3 is 1. The number of nitrogens with two attached hydrogens (primary N) is 1. The van der Waals surface area contributed by atoms with Crippen LogP contribution in [0.4, 0.5) is 10.5 Å². The summed E-state index contributed by atoms with van der Waals surface area (Å²) in [5.41, 5.74) is 6.18. The first kappa shape index (κ1) is 71.0. The van der Waals surface area contributed by atoms with E-state index >= 15 is 0 Å². The van der Waals surface area contributed by atoms with Gasteiger partial charge in [0, 0.05) is 77.0 Å². The number of aliphatic hydroxyl groups is 1. The van der Waals surface area contributed by atoms with Crippen LogP contribution in [0.25, 0.3) is 0 Å². The number of fused-ring (bicyclic) bond motifs is 5. The predicted molar refractivity (Wildman–Crippen MR) is 332 cm³/mol. The van der Waals surface area contributed by atoms with Crippen molar-refractivity contribution < 1.29 is 67.2 Å². The van der Waals surface area contributed by atoms with Crippen LogP contribution in [0.1, 0.15) is 146 Å². The van der Waals surface area contributed by atoms with Crippen molar-refractivity contribution >= 4 is 97.9 Å². The Balaban J connectivity index is 1.31. The highest BCUT2D eigenvalue weighted by Crippen LogP contribution is 2.50. The van der Waals surface area contributed by atoms with Crippen LogP contribution in [0.5, 0.6) is 0 Å². The molecule has 5 amide bonds. The third-order valence-corrected chi connectivity index (χ3v) is 18.3. The van der Waals surface area contributed by atoms with Gasteiger partial charge in [0.05, 0.1) is 46.3 Å². The summed E-state index contributed by atoms with van der Waals surface area (Å²) in [6, 6.07) is 5.10. The number of benzene rings is 2. The number of carbonyl (C=O) groups excluding carboxylic acids is 9. The fourth-order valence-corrected chi connectivity index (χ4v) is 12.0. The molecule has 0 aliphatic carbocycles. The summed E-state index contributed by atoms with van der Waals surface area (Å²) in [4.78, 5) is 124. The van der Waals surface area contributed by atoms with Crippen molar-refractivity contribution in [2.24, 2.45) is 23.5 Å². The molecule has 2 fully saturated rings. The zero-order valence-corrected chi connectivity index (χ0v) is 54.3. The fourth-order valence-electron chi connectivity index (χ4n) is 11.1. The summed E-state index contributed by atoms with van der Waals surface area (Å²) in [5.74, 6) is -5.18. The molecule has 472 valence electrons. The molecule has 3 heterocycles. The maximum absolute atomic E-state index is 14.5. The summed E-state index contributed by atoms with van der Waals surface area (Å²) in [6.07, 6.45) is 4.99. The number of amides is 5. The Hall–Kier alpha value is -5.77. The number of likely N-dealkylation sites (N-methyl/N-ethyl adjacent to an activating group) is 1. The minimum absolute atomic E-state index is 0.00750. The minimum atomic E-state index is -1.65.